The third kappa shape index (κ3) is 5.12. The Balaban J connectivity index is 1.83. The Bertz CT molecular complexity index is 1150. The summed E-state index contributed by atoms with van der Waals surface area (Å²) in [6.45, 7) is 1.88. The summed E-state index contributed by atoms with van der Waals surface area (Å²) >= 11 is 0. The monoisotopic (exact) mass is 400 g/mol. The summed E-state index contributed by atoms with van der Waals surface area (Å²) in [7, 11) is 1.55. The lowest BCUT2D eigenvalue weighted by Crippen LogP contribution is -2.14. The normalized spacial score (nSPS) is 10.9. The second kappa shape index (κ2) is 9.53. The number of nitriles is 1. The van der Waals surface area contributed by atoms with Gasteiger partial charge in [-0.05, 0) is 59.5 Å². The zero-order valence-electron chi connectivity index (χ0n) is 16.8. The second-order valence-electron chi connectivity index (χ2n) is 6.82. The fraction of sp³-hybridized carbons (Fsp3) is 0.120. The molecule has 0 saturated carbocycles. The predicted molar refractivity (Wildman–Crippen MR) is 116 cm³/mol. The number of carbonyl (C=O) groups is 1. The van der Waals surface area contributed by atoms with E-state index in [1.54, 1.807) is 31.4 Å². The molecule has 0 atom stereocenters. The molecule has 0 unspecified atom stereocenters. The number of aryl methyl sites for hydroxylation is 1. The van der Waals surface area contributed by atoms with Crippen LogP contribution in [0.1, 0.15) is 22.3 Å². The van der Waals surface area contributed by atoms with E-state index < -0.39 is 5.91 Å². The molecule has 4 nitrogen and oxygen atoms in total. The van der Waals surface area contributed by atoms with Gasteiger partial charge >= 0.3 is 0 Å². The number of para-hydroxylation sites is 1. The fourth-order valence-corrected chi connectivity index (χ4v) is 3.08. The maximum atomic E-state index is 13.4. The smallest absolute Gasteiger partial charge is 0.266 e. The van der Waals surface area contributed by atoms with Crippen LogP contribution in [0.25, 0.3) is 6.08 Å². The largest absolute Gasteiger partial charge is 0.496 e. The first kappa shape index (κ1) is 20.8. The molecule has 0 heterocycles. The number of methoxy groups -OCH3 is 1. The molecule has 3 aromatic carbocycles. The zero-order chi connectivity index (χ0) is 21.5. The second-order valence-corrected chi connectivity index (χ2v) is 6.82. The van der Waals surface area contributed by atoms with Crippen molar-refractivity contribution in [2.24, 2.45) is 0 Å². The van der Waals surface area contributed by atoms with Gasteiger partial charge in [-0.15, -0.1) is 0 Å². The van der Waals surface area contributed by atoms with Gasteiger partial charge in [-0.3, -0.25) is 4.79 Å². The average Bonchev–Trinajstić information content (AvgIpc) is 2.74. The first-order valence-corrected chi connectivity index (χ1v) is 9.40. The number of halogens is 1. The average molecular weight is 400 g/mol. The van der Waals surface area contributed by atoms with Gasteiger partial charge in [0.25, 0.3) is 5.91 Å². The number of anilines is 1. The fourth-order valence-electron chi connectivity index (χ4n) is 3.08. The molecular formula is C25H21FN2O2. The summed E-state index contributed by atoms with van der Waals surface area (Å²) in [6, 6.07) is 21.1. The highest BCUT2D eigenvalue weighted by molar-refractivity contribution is 6.10. The number of carbonyl (C=O) groups excluding carboxylic acids is 1. The van der Waals surface area contributed by atoms with E-state index in [2.05, 4.69) is 5.32 Å². The summed E-state index contributed by atoms with van der Waals surface area (Å²) in [5.74, 6) is -0.163. The molecule has 5 heteroatoms. The number of ether oxygens (including phenoxy) is 1. The molecule has 0 fully saturated rings. The van der Waals surface area contributed by atoms with Gasteiger partial charge in [0.2, 0.25) is 0 Å². The molecular weight excluding hydrogens is 379 g/mol. The van der Waals surface area contributed by atoms with Crippen molar-refractivity contribution in [2.75, 3.05) is 12.4 Å². The molecule has 1 N–H and O–H groups in total. The van der Waals surface area contributed by atoms with E-state index in [9.17, 15) is 14.4 Å². The van der Waals surface area contributed by atoms with Crippen molar-refractivity contribution < 1.29 is 13.9 Å². The molecule has 0 bridgehead atoms. The van der Waals surface area contributed by atoms with E-state index in [1.165, 1.54) is 18.2 Å². The summed E-state index contributed by atoms with van der Waals surface area (Å²) in [5, 5.41) is 12.2. The van der Waals surface area contributed by atoms with E-state index in [4.69, 9.17) is 4.74 Å². The van der Waals surface area contributed by atoms with Crippen LogP contribution in [0.5, 0.6) is 5.75 Å². The van der Waals surface area contributed by atoms with Gasteiger partial charge in [0.1, 0.15) is 23.2 Å². The minimum Gasteiger partial charge on any atom is -0.496 e. The van der Waals surface area contributed by atoms with Crippen LogP contribution in [0.2, 0.25) is 0 Å². The van der Waals surface area contributed by atoms with E-state index in [1.807, 2.05) is 43.3 Å². The van der Waals surface area contributed by atoms with Gasteiger partial charge in [0.15, 0.2) is 0 Å². The number of rotatable bonds is 6. The quantitative estimate of drug-likeness (QED) is 0.452. The SMILES string of the molecule is COc1cc(/C=C(\C#N)C(=O)Nc2ccccc2C)ccc1Cc1cccc(F)c1. The number of hydrogen-bond donors (Lipinski definition) is 1. The van der Waals surface area contributed by atoms with Crippen molar-refractivity contribution in [1.29, 1.82) is 5.26 Å². The molecule has 150 valence electrons. The van der Waals surface area contributed by atoms with Crippen LogP contribution in [0.15, 0.2) is 72.3 Å². The van der Waals surface area contributed by atoms with Crippen molar-refractivity contribution in [3.63, 3.8) is 0 Å². The van der Waals surface area contributed by atoms with Crippen molar-refractivity contribution in [1.82, 2.24) is 0 Å². The molecule has 0 saturated heterocycles. The Morgan fingerprint density at radius 3 is 2.63 bits per heavy atom. The molecule has 0 aromatic heterocycles. The van der Waals surface area contributed by atoms with Gasteiger partial charge in [0.05, 0.1) is 7.11 Å². The predicted octanol–water partition coefficient (Wildman–Crippen LogP) is 5.28. The standard InChI is InChI=1S/C25H21FN2O2/c1-17-6-3-4-9-23(17)28-25(29)21(16-27)13-19-10-11-20(24(15-19)30-2)12-18-7-5-8-22(26)14-18/h3-11,13-15H,12H2,1-2H3,(H,28,29)/b21-13+. The van der Waals surface area contributed by atoms with Crippen LogP contribution in [0.3, 0.4) is 0 Å². The Morgan fingerprint density at radius 1 is 1.13 bits per heavy atom. The molecule has 0 spiro atoms. The van der Waals surface area contributed by atoms with Crippen LogP contribution in [0.4, 0.5) is 10.1 Å². The highest BCUT2D eigenvalue weighted by Crippen LogP contribution is 2.25. The van der Waals surface area contributed by atoms with Crippen molar-refractivity contribution >= 4 is 17.7 Å². The number of amides is 1. The molecule has 0 aliphatic carbocycles. The van der Waals surface area contributed by atoms with Crippen molar-refractivity contribution in [2.45, 2.75) is 13.3 Å². The Kier molecular flexibility index (Phi) is 6.61. The van der Waals surface area contributed by atoms with Crippen LogP contribution in [-0.4, -0.2) is 13.0 Å². The van der Waals surface area contributed by atoms with Crippen LogP contribution >= 0.6 is 0 Å². The van der Waals surface area contributed by atoms with Crippen molar-refractivity contribution in [3.8, 4) is 11.8 Å². The van der Waals surface area contributed by atoms with Gasteiger partial charge in [-0.2, -0.15) is 5.26 Å². The van der Waals surface area contributed by atoms with Crippen LogP contribution in [-0.2, 0) is 11.2 Å². The molecule has 0 aliphatic rings. The Morgan fingerprint density at radius 2 is 1.93 bits per heavy atom. The zero-order valence-corrected chi connectivity index (χ0v) is 16.8. The van der Waals surface area contributed by atoms with E-state index in [0.717, 1.165) is 16.7 Å². The van der Waals surface area contributed by atoms with Crippen molar-refractivity contribution in [3.05, 3.63) is 100 Å². The van der Waals surface area contributed by atoms with Gasteiger partial charge in [-0.1, -0.05) is 42.5 Å². The number of hydrogen-bond acceptors (Lipinski definition) is 3. The topological polar surface area (TPSA) is 62.1 Å². The summed E-state index contributed by atoms with van der Waals surface area (Å²) in [4.78, 5) is 12.5. The molecule has 0 aliphatic heterocycles. The number of benzene rings is 3. The highest BCUT2D eigenvalue weighted by Gasteiger charge is 2.12. The maximum Gasteiger partial charge on any atom is 0.266 e. The molecule has 1 amide bonds. The van der Waals surface area contributed by atoms with Gasteiger partial charge in [0, 0.05) is 12.1 Å². The van der Waals surface area contributed by atoms with Crippen LogP contribution < -0.4 is 10.1 Å². The minimum absolute atomic E-state index is 0.0156. The van der Waals surface area contributed by atoms with E-state index >= 15 is 0 Å². The van der Waals surface area contributed by atoms with E-state index in [0.29, 0.717) is 23.4 Å². The van der Waals surface area contributed by atoms with Gasteiger partial charge < -0.3 is 10.1 Å². The Hall–Kier alpha value is -3.91. The first-order chi connectivity index (χ1) is 14.5. The third-order valence-corrected chi connectivity index (χ3v) is 4.66. The number of nitrogens with zero attached hydrogens (tertiary/aromatic N) is 1. The highest BCUT2D eigenvalue weighted by atomic mass is 19.1. The number of nitrogens with one attached hydrogen (secondary N) is 1. The molecule has 0 radical (unpaired) electrons. The van der Waals surface area contributed by atoms with Gasteiger partial charge in [-0.25, -0.2) is 4.39 Å². The minimum atomic E-state index is -0.477. The maximum absolute atomic E-state index is 13.4. The third-order valence-electron chi connectivity index (χ3n) is 4.66. The van der Waals surface area contributed by atoms with E-state index in [-0.39, 0.29) is 11.4 Å². The lowest BCUT2D eigenvalue weighted by atomic mass is 10.0. The molecule has 30 heavy (non-hydrogen) atoms. The lowest BCUT2D eigenvalue weighted by Gasteiger charge is -2.10. The van der Waals surface area contributed by atoms with Crippen LogP contribution in [0, 0.1) is 24.1 Å². The summed E-state index contributed by atoms with van der Waals surface area (Å²) in [6.07, 6.45) is 2.02. The lowest BCUT2D eigenvalue weighted by molar-refractivity contribution is -0.112. The molecule has 3 rings (SSSR count). The summed E-state index contributed by atoms with van der Waals surface area (Å²) in [5.41, 5.74) is 3.91. The summed E-state index contributed by atoms with van der Waals surface area (Å²) < 4.78 is 18.9. The Labute approximate surface area is 175 Å². The first-order valence-electron chi connectivity index (χ1n) is 9.40. The molecule has 3 aromatic rings.